The molecule has 2 N–H and O–H groups in total. The van der Waals surface area contributed by atoms with Crippen molar-refractivity contribution in [1.82, 2.24) is 0 Å². The lowest BCUT2D eigenvalue weighted by Gasteiger charge is -2.10. The SMILES string of the molecule is O=C(O)C1=C(C(=O)Nc2ccc(-c3ccc(OC(F)(F)F)cc3)cc2)CCC1. The summed E-state index contributed by atoms with van der Waals surface area (Å²) in [5, 5.41) is 11.8. The van der Waals surface area contributed by atoms with Crippen molar-refractivity contribution in [1.29, 1.82) is 0 Å². The molecule has 5 nitrogen and oxygen atoms in total. The maximum absolute atomic E-state index is 12.3. The number of carbonyl (C=O) groups is 2. The standard InChI is InChI=1S/C20H16F3NO4/c21-20(22,23)28-15-10-6-13(7-11-15)12-4-8-14(9-5-12)24-18(25)16-2-1-3-17(16)19(26)27/h4-11H,1-3H2,(H,24,25)(H,26,27). The number of amides is 1. The van der Waals surface area contributed by atoms with Gasteiger partial charge in [0, 0.05) is 16.8 Å². The van der Waals surface area contributed by atoms with E-state index in [0.717, 1.165) is 5.56 Å². The van der Waals surface area contributed by atoms with Crippen molar-refractivity contribution in [2.75, 3.05) is 5.32 Å². The highest BCUT2D eigenvalue weighted by Crippen LogP contribution is 2.29. The zero-order valence-corrected chi connectivity index (χ0v) is 14.5. The maximum Gasteiger partial charge on any atom is 0.573 e. The van der Waals surface area contributed by atoms with E-state index in [2.05, 4.69) is 10.1 Å². The van der Waals surface area contributed by atoms with E-state index in [0.29, 0.717) is 30.5 Å². The largest absolute Gasteiger partial charge is 0.573 e. The molecule has 0 spiro atoms. The number of ether oxygens (including phenoxy) is 1. The molecule has 1 aliphatic carbocycles. The summed E-state index contributed by atoms with van der Waals surface area (Å²) in [5.74, 6) is -1.81. The number of carboxylic acid groups (broad SMARTS) is 1. The molecule has 1 aliphatic rings. The van der Waals surface area contributed by atoms with Crippen LogP contribution in [0, 0.1) is 0 Å². The number of hydrogen-bond acceptors (Lipinski definition) is 3. The molecule has 0 fully saturated rings. The Bertz CT molecular complexity index is 916. The van der Waals surface area contributed by atoms with E-state index in [9.17, 15) is 22.8 Å². The molecule has 8 heteroatoms. The molecule has 0 aliphatic heterocycles. The van der Waals surface area contributed by atoms with Crippen LogP contribution >= 0.6 is 0 Å². The van der Waals surface area contributed by atoms with Crippen molar-refractivity contribution in [3.63, 3.8) is 0 Å². The van der Waals surface area contributed by atoms with Gasteiger partial charge in [-0.2, -0.15) is 0 Å². The van der Waals surface area contributed by atoms with Crippen LogP contribution in [-0.2, 0) is 9.59 Å². The van der Waals surface area contributed by atoms with Crippen molar-refractivity contribution in [3.05, 3.63) is 59.7 Å². The van der Waals surface area contributed by atoms with E-state index in [1.807, 2.05) is 0 Å². The molecule has 0 atom stereocenters. The fraction of sp³-hybridized carbons (Fsp3) is 0.200. The number of benzene rings is 2. The van der Waals surface area contributed by atoms with Crippen molar-refractivity contribution >= 4 is 17.6 Å². The number of aliphatic carboxylic acids is 1. The molecule has 28 heavy (non-hydrogen) atoms. The lowest BCUT2D eigenvalue weighted by atomic mass is 10.1. The average Bonchev–Trinajstić information content (AvgIpc) is 3.12. The second-order valence-corrected chi connectivity index (χ2v) is 6.22. The number of nitrogens with one attached hydrogen (secondary N) is 1. The summed E-state index contributed by atoms with van der Waals surface area (Å²) >= 11 is 0. The Morgan fingerprint density at radius 3 is 1.96 bits per heavy atom. The first kappa shape index (κ1) is 19.5. The number of alkyl halides is 3. The smallest absolute Gasteiger partial charge is 0.478 e. The summed E-state index contributed by atoms with van der Waals surface area (Å²) in [5.41, 5.74) is 2.35. The quantitative estimate of drug-likeness (QED) is 0.771. The highest BCUT2D eigenvalue weighted by atomic mass is 19.4. The van der Waals surface area contributed by atoms with E-state index >= 15 is 0 Å². The molecule has 0 radical (unpaired) electrons. The summed E-state index contributed by atoms with van der Waals surface area (Å²) in [4.78, 5) is 23.5. The molecule has 2 aromatic carbocycles. The Balaban J connectivity index is 1.69. The molecule has 0 unspecified atom stereocenters. The van der Waals surface area contributed by atoms with Crippen molar-refractivity contribution in [3.8, 4) is 16.9 Å². The summed E-state index contributed by atoms with van der Waals surface area (Å²) in [6, 6.07) is 12.1. The minimum Gasteiger partial charge on any atom is -0.478 e. The van der Waals surface area contributed by atoms with Crippen LogP contribution in [0.5, 0.6) is 5.75 Å². The molecule has 0 aromatic heterocycles. The summed E-state index contributed by atoms with van der Waals surface area (Å²) < 4.78 is 40.4. The van der Waals surface area contributed by atoms with Gasteiger partial charge in [0.2, 0.25) is 0 Å². The van der Waals surface area contributed by atoms with Gasteiger partial charge in [0.05, 0.1) is 0 Å². The molecular formula is C20H16F3NO4. The fourth-order valence-electron chi connectivity index (χ4n) is 3.03. The molecular weight excluding hydrogens is 375 g/mol. The number of rotatable bonds is 5. The van der Waals surface area contributed by atoms with Crippen LogP contribution in [0.1, 0.15) is 19.3 Å². The normalized spacial score (nSPS) is 14.1. The van der Waals surface area contributed by atoms with Gasteiger partial charge in [-0.25, -0.2) is 4.79 Å². The average molecular weight is 391 g/mol. The van der Waals surface area contributed by atoms with E-state index in [1.54, 1.807) is 24.3 Å². The third-order valence-electron chi connectivity index (χ3n) is 4.31. The number of hydrogen-bond donors (Lipinski definition) is 2. The molecule has 0 saturated heterocycles. The molecule has 1 amide bonds. The number of carbonyl (C=O) groups excluding carboxylic acids is 1. The minimum absolute atomic E-state index is 0.148. The first-order valence-corrected chi connectivity index (χ1v) is 8.46. The van der Waals surface area contributed by atoms with Crippen LogP contribution < -0.4 is 10.1 Å². The number of halogens is 3. The predicted octanol–water partition coefficient (Wildman–Crippen LogP) is 4.76. The van der Waals surface area contributed by atoms with Crippen molar-refractivity contribution in [2.45, 2.75) is 25.6 Å². The van der Waals surface area contributed by atoms with E-state index in [1.165, 1.54) is 24.3 Å². The summed E-state index contributed by atoms with van der Waals surface area (Å²) in [6.45, 7) is 0. The fourth-order valence-corrected chi connectivity index (χ4v) is 3.03. The van der Waals surface area contributed by atoms with E-state index in [-0.39, 0.29) is 16.9 Å². The number of carboxylic acids is 1. The van der Waals surface area contributed by atoms with Gasteiger partial charge >= 0.3 is 12.3 Å². The Labute approximate surface area is 158 Å². The zero-order chi connectivity index (χ0) is 20.3. The third-order valence-corrected chi connectivity index (χ3v) is 4.31. The Morgan fingerprint density at radius 2 is 1.43 bits per heavy atom. The first-order chi connectivity index (χ1) is 13.2. The predicted molar refractivity (Wildman–Crippen MR) is 95.7 cm³/mol. The molecule has 0 bridgehead atoms. The summed E-state index contributed by atoms with van der Waals surface area (Å²) in [7, 11) is 0. The van der Waals surface area contributed by atoms with Gasteiger partial charge in [-0.05, 0) is 54.7 Å². The molecule has 0 saturated carbocycles. The second-order valence-electron chi connectivity index (χ2n) is 6.22. The van der Waals surface area contributed by atoms with Crippen LogP contribution in [0.2, 0.25) is 0 Å². The maximum atomic E-state index is 12.3. The van der Waals surface area contributed by atoms with Crippen molar-refractivity contribution < 1.29 is 32.6 Å². The first-order valence-electron chi connectivity index (χ1n) is 8.46. The number of anilines is 1. The lowest BCUT2D eigenvalue weighted by Crippen LogP contribution is -2.16. The second kappa shape index (κ2) is 7.75. The molecule has 146 valence electrons. The van der Waals surface area contributed by atoms with Gasteiger partial charge < -0.3 is 15.2 Å². The molecule has 3 rings (SSSR count). The van der Waals surface area contributed by atoms with E-state index in [4.69, 9.17) is 5.11 Å². The third kappa shape index (κ3) is 4.70. The zero-order valence-electron chi connectivity index (χ0n) is 14.5. The minimum atomic E-state index is -4.74. The van der Waals surface area contributed by atoms with Gasteiger partial charge in [0.25, 0.3) is 5.91 Å². The van der Waals surface area contributed by atoms with Crippen LogP contribution in [0.25, 0.3) is 11.1 Å². The Kier molecular flexibility index (Phi) is 5.39. The van der Waals surface area contributed by atoms with Gasteiger partial charge in [0.1, 0.15) is 5.75 Å². The van der Waals surface area contributed by atoms with Crippen LogP contribution in [0.4, 0.5) is 18.9 Å². The highest BCUT2D eigenvalue weighted by Gasteiger charge is 2.31. The Morgan fingerprint density at radius 1 is 0.893 bits per heavy atom. The molecule has 2 aromatic rings. The van der Waals surface area contributed by atoms with Gasteiger partial charge in [-0.3, -0.25) is 4.79 Å². The van der Waals surface area contributed by atoms with Crippen LogP contribution in [0.3, 0.4) is 0 Å². The van der Waals surface area contributed by atoms with Crippen LogP contribution in [0.15, 0.2) is 59.7 Å². The summed E-state index contributed by atoms with van der Waals surface area (Å²) in [6.07, 6.45) is -3.29. The van der Waals surface area contributed by atoms with Crippen LogP contribution in [-0.4, -0.2) is 23.3 Å². The lowest BCUT2D eigenvalue weighted by molar-refractivity contribution is -0.274. The van der Waals surface area contributed by atoms with Gasteiger partial charge in [-0.1, -0.05) is 24.3 Å². The monoisotopic (exact) mass is 391 g/mol. The van der Waals surface area contributed by atoms with E-state index < -0.39 is 18.2 Å². The topological polar surface area (TPSA) is 75.6 Å². The van der Waals surface area contributed by atoms with Gasteiger partial charge in [-0.15, -0.1) is 13.2 Å². The highest BCUT2D eigenvalue weighted by molar-refractivity contribution is 6.09. The van der Waals surface area contributed by atoms with Crippen molar-refractivity contribution in [2.24, 2.45) is 0 Å². The molecule has 0 heterocycles. The van der Waals surface area contributed by atoms with Gasteiger partial charge in [0.15, 0.2) is 0 Å². The Hall–Kier alpha value is -3.29.